The van der Waals surface area contributed by atoms with Crippen molar-refractivity contribution in [2.45, 2.75) is 58.3 Å². The molecule has 0 amide bonds. The average Bonchev–Trinajstić information content (AvgIpc) is 2.70. The van der Waals surface area contributed by atoms with E-state index in [0.29, 0.717) is 18.6 Å². The maximum absolute atomic E-state index is 12.1. The Hall–Kier alpha value is -2.62. The molecule has 0 spiro atoms. The first-order valence-corrected chi connectivity index (χ1v) is 10.2. The molecule has 4 heteroatoms. The number of nitrogens with zero attached hydrogens (tertiary/aromatic N) is 1. The molecule has 0 heterocycles. The van der Waals surface area contributed by atoms with Crippen molar-refractivity contribution in [3.8, 4) is 5.75 Å². The molecule has 0 bridgehead atoms. The van der Waals surface area contributed by atoms with Gasteiger partial charge in [-0.1, -0.05) is 49.9 Å². The van der Waals surface area contributed by atoms with E-state index in [1.54, 1.807) is 6.92 Å². The van der Waals surface area contributed by atoms with E-state index in [4.69, 9.17) is 4.74 Å². The van der Waals surface area contributed by atoms with Crippen molar-refractivity contribution in [3.05, 3.63) is 54.6 Å². The summed E-state index contributed by atoms with van der Waals surface area (Å²) < 4.78 is 5.51. The lowest BCUT2D eigenvalue weighted by atomic mass is 10.1. The van der Waals surface area contributed by atoms with E-state index in [9.17, 15) is 9.59 Å². The molecule has 150 valence electrons. The minimum atomic E-state index is -0.184. The van der Waals surface area contributed by atoms with Crippen molar-refractivity contribution in [1.82, 2.24) is 0 Å². The molecule has 0 atom stereocenters. The van der Waals surface area contributed by atoms with Gasteiger partial charge in [-0.15, -0.1) is 0 Å². The molecule has 0 aliphatic heterocycles. The summed E-state index contributed by atoms with van der Waals surface area (Å²) in [4.78, 5) is 25.0. The zero-order chi connectivity index (χ0) is 20.2. The number of carbonyl (C=O) groups excluding carboxylic acids is 2. The highest BCUT2D eigenvalue weighted by atomic mass is 16.5. The summed E-state index contributed by atoms with van der Waals surface area (Å²) in [6.45, 7) is 1.64. The van der Waals surface area contributed by atoms with Gasteiger partial charge in [0.2, 0.25) is 0 Å². The van der Waals surface area contributed by atoms with Crippen LogP contribution < -0.4 is 9.64 Å². The first-order valence-electron chi connectivity index (χ1n) is 10.2. The fourth-order valence-corrected chi connectivity index (χ4v) is 3.09. The summed E-state index contributed by atoms with van der Waals surface area (Å²) in [7, 11) is 1.99. The van der Waals surface area contributed by atoms with Crippen molar-refractivity contribution in [1.29, 1.82) is 0 Å². The maximum atomic E-state index is 12.1. The first-order chi connectivity index (χ1) is 13.6. The van der Waals surface area contributed by atoms with Gasteiger partial charge in [0.25, 0.3) is 0 Å². The number of benzene rings is 2. The molecule has 0 radical (unpaired) electrons. The second kappa shape index (κ2) is 12.0. The van der Waals surface area contributed by atoms with Gasteiger partial charge in [-0.2, -0.15) is 0 Å². The molecule has 0 aliphatic rings. The van der Waals surface area contributed by atoms with Crippen molar-refractivity contribution >= 4 is 23.1 Å². The molecule has 2 aromatic carbocycles. The standard InChI is InChI=1S/C24H31NO3/c1-20(26)13-8-5-3-4-6-11-18-24(27)28-23-17-12-16-22(19-23)25(2)21-14-9-7-10-15-21/h7,9-10,12,14-17,19H,3-6,8,11,13,18H2,1-2H3. The summed E-state index contributed by atoms with van der Waals surface area (Å²) in [5.74, 6) is 0.660. The average molecular weight is 382 g/mol. The fourth-order valence-electron chi connectivity index (χ4n) is 3.09. The molecular formula is C24H31NO3. The van der Waals surface area contributed by atoms with Crippen LogP contribution in [0.15, 0.2) is 54.6 Å². The molecule has 0 N–H and O–H groups in total. The second-order valence-corrected chi connectivity index (χ2v) is 7.19. The van der Waals surface area contributed by atoms with Crippen molar-refractivity contribution in [3.63, 3.8) is 0 Å². The minimum Gasteiger partial charge on any atom is -0.426 e. The zero-order valence-corrected chi connectivity index (χ0v) is 17.0. The molecule has 0 fully saturated rings. The number of hydrogen-bond acceptors (Lipinski definition) is 4. The number of unbranched alkanes of at least 4 members (excludes halogenated alkanes) is 5. The zero-order valence-electron chi connectivity index (χ0n) is 17.0. The van der Waals surface area contributed by atoms with E-state index >= 15 is 0 Å². The summed E-state index contributed by atoms with van der Waals surface area (Å²) in [5, 5.41) is 0. The molecular weight excluding hydrogens is 350 g/mol. The number of hydrogen-bond donors (Lipinski definition) is 0. The van der Waals surface area contributed by atoms with E-state index in [0.717, 1.165) is 49.9 Å². The van der Waals surface area contributed by atoms with Crippen LogP contribution >= 0.6 is 0 Å². The van der Waals surface area contributed by atoms with Gasteiger partial charge in [-0.3, -0.25) is 4.79 Å². The quantitative estimate of drug-likeness (QED) is 0.254. The maximum Gasteiger partial charge on any atom is 0.311 e. The van der Waals surface area contributed by atoms with Crippen molar-refractivity contribution < 1.29 is 14.3 Å². The van der Waals surface area contributed by atoms with Crippen molar-refractivity contribution in [2.24, 2.45) is 0 Å². The van der Waals surface area contributed by atoms with Crippen LogP contribution in [0, 0.1) is 0 Å². The van der Waals surface area contributed by atoms with Gasteiger partial charge in [0.05, 0.1) is 0 Å². The third-order valence-electron chi connectivity index (χ3n) is 4.74. The molecule has 0 unspecified atom stereocenters. The number of para-hydroxylation sites is 1. The van der Waals surface area contributed by atoms with Gasteiger partial charge >= 0.3 is 5.97 Å². The van der Waals surface area contributed by atoms with Gasteiger partial charge in [0.1, 0.15) is 11.5 Å². The summed E-state index contributed by atoms with van der Waals surface area (Å²) in [5.41, 5.74) is 2.05. The lowest BCUT2D eigenvalue weighted by Gasteiger charge is -2.20. The SMILES string of the molecule is CC(=O)CCCCCCCCC(=O)Oc1cccc(N(C)c2ccccc2)c1. The van der Waals surface area contributed by atoms with E-state index in [1.807, 2.05) is 61.6 Å². The Kier molecular flexibility index (Phi) is 9.26. The molecule has 0 saturated heterocycles. The Balaban J connectivity index is 1.70. The number of Topliss-reactive ketones (excluding diaryl/α,β-unsaturated/α-hetero) is 1. The van der Waals surface area contributed by atoms with E-state index < -0.39 is 0 Å². The lowest BCUT2D eigenvalue weighted by Crippen LogP contribution is -2.11. The third kappa shape index (κ3) is 7.95. The van der Waals surface area contributed by atoms with Gasteiger partial charge in [0.15, 0.2) is 0 Å². The van der Waals surface area contributed by atoms with Crippen LogP contribution in [-0.2, 0) is 9.59 Å². The molecule has 0 saturated carbocycles. The van der Waals surface area contributed by atoms with Crippen LogP contribution in [-0.4, -0.2) is 18.8 Å². The Labute approximate surface area is 168 Å². The van der Waals surface area contributed by atoms with Gasteiger partial charge in [-0.05, 0) is 44.0 Å². The Morgan fingerprint density at radius 2 is 1.39 bits per heavy atom. The highest BCUT2D eigenvalue weighted by Crippen LogP contribution is 2.26. The van der Waals surface area contributed by atoms with E-state index in [1.165, 1.54) is 0 Å². The molecule has 2 aromatic rings. The number of esters is 1. The molecule has 0 aliphatic carbocycles. The lowest BCUT2D eigenvalue weighted by molar-refractivity contribution is -0.134. The molecule has 2 rings (SSSR count). The summed E-state index contributed by atoms with van der Waals surface area (Å²) in [6, 6.07) is 17.7. The smallest absolute Gasteiger partial charge is 0.311 e. The largest absolute Gasteiger partial charge is 0.426 e. The van der Waals surface area contributed by atoms with Crippen LogP contribution in [0.5, 0.6) is 5.75 Å². The Morgan fingerprint density at radius 3 is 2.07 bits per heavy atom. The second-order valence-electron chi connectivity index (χ2n) is 7.19. The highest BCUT2D eigenvalue weighted by molar-refractivity contribution is 5.75. The predicted octanol–water partition coefficient (Wildman–Crippen LogP) is 6.07. The van der Waals surface area contributed by atoms with Gasteiger partial charge in [-0.25, -0.2) is 0 Å². The van der Waals surface area contributed by atoms with E-state index in [2.05, 4.69) is 4.90 Å². The number of carbonyl (C=O) groups is 2. The van der Waals surface area contributed by atoms with Gasteiger partial charge < -0.3 is 14.4 Å². The van der Waals surface area contributed by atoms with Crippen LogP contribution in [0.3, 0.4) is 0 Å². The number of rotatable bonds is 12. The highest BCUT2D eigenvalue weighted by Gasteiger charge is 2.08. The Bertz CT molecular complexity index is 743. The number of anilines is 2. The summed E-state index contributed by atoms with van der Waals surface area (Å²) in [6.07, 6.45) is 7.27. The number of ether oxygens (including phenoxy) is 1. The predicted molar refractivity (Wildman–Crippen MR) is 114 cm³/mol. The van der Waals surface area contributed by atoms with Crippen LogP contribution in [0.25, 0.3) is 0 Å². The Morgan fingerprint density at radius 1 is 0.786 bits per heavy atom. The molecule has 4 nitrogen and oxygen atoms in total. The molecule has 0 aromatic heterocycles. The van der Waals surface area contributed by atoms with Gasteiger partial charge in [0, 0.05) is 37.3 Å². The van der Waals surface area contributed by atoms with Crippen molar-refractivity contribution in [2.75, 3.05) is 11.9 Å². The van der Waals surface area contributed by atoms with Crippen LogP contribution in [0.4, 0.5) is 11.4 Å². The fraction of sp³-hybridized carbons (Fsp3) is 0.417. The first kappa shape index (κ1) is 21.7. The van der Waals surface area contributed by atoms with Crippen LogP contribution in [0.2, 0.25) is 0 Å². The monoisotopic (exact) mass is 381 g/mol. The van der Waals surface area contributed by atoms with Crippen LogP contribution in [0.1, 0.15) is 58.3 Å². The number of ketones is 1. The minimum absolute atomic E-state index is 0.184. The van der Waals surface area contributed by atoms with E-state index in [-0.39, 0.29) is 11.8 Å². The normalized spacial score (nSPS) is 10.5. The third-order valence-corrected chi connectivity index (χ3v) is 4.74. The topological polar surface area (TPSA) is 46.6 Å². The summed E-state index contributed by atoms with van der Waals surface area (Å²) >= 11 is 0. The molecule has 28 heavy (non-hydrogen) atoms.